The number of aromatic nitrogens is 2. The summed E-state index contributed by atoms with van der Waals surface area (Å²) in [6.07, 6.45) is 10.6. The predicted octanol–water partition coefficient (Wildman–Crippen LogP) is 2.39. The van der Waals surface area contributed by atoms with E-state index in [1.165, 1.54) is 38.5 Å². The van der Waals surface area contributed by atoms with Gasteiger partial charge >= 0.3 is 32.7 Å². The molecule has 3 rings (SSSR count). The molecule has 51 heavy (non-hydrogen) atoms. The topological polar surface area (TPSA) is 243 Å². The number of nitrogens with two attached hydrogens (primary N) is 3. The molecule has 16 heteroatoms. The van der Waals surface area contributed by atoms with E-state index < -0.39 is 59.4 Å². The first-order valence-corrected chi connectivity index (χ1v) is 17.8. The van der Waals surface area contributed by atoms with Crippen LogP contribution >= 0.6 is 0 Å². The van der Waals surface area contributed by atoms with E-state index in [9.17, 15) is 38.5 Å². The molecule has 1 aromatic rings. The van der Waals surface area contributed by atoms with Crippen LogP contribution in [0.5, 0.6) is 0 Å². The Bertz CT molecular complexity index is 1150. The fraction of sp³-hybridized carbons (Fsp3) is 0.829. The van der Waals surface area contributed by atoms with Crippen molar-refractivity contribution < 1.29 is 64.6 Å². The second-order valence-electron chi connectivity index (χ2n) is 14.4. The number of nitrogen functional groups attached to an aromatic ring is 1. The van der Waals surface area contributed by atoms with Gasteiger partial charge in [-0.1, -0.05) is 106 Å². The minimum atomic E-state index is -3.71. The van der Waals surface area contributed by atoms with Crippen molar-refractivity contribution in [1.29, 1.82) is 0 Å². The summed E-state index contributed by atoms with van der Waals surface area (Å²) in [5.41, 5.74) is 14.2. The minimum absolute atomic E-state index is 0. The van der Waals surface area contributed by atoms with Gasteiger partial charge in [0.2, 0.25) is 6.23 Å². The van der Waals surface area contributed by atoms with E-state index in [-0.39, 0.29) is 39.0 Å². The van der Waals surface area contributed by atoms with Gasteiger partial charge in [-0.15, -0.1) is 0 Å². The number of carbonyl (C=O) groups is 2. The molecule has 2 fully saturated rings. The summed E-state index contributed by atoms with van der Waals surface area (Å²) in [6, 6.07) is 1.71. The average Bonchev–Trinajstić information content (AvgIpc) is 3.27. The van der Waals surface area contributed by atoms with Gasteiger partial charge in [-0.3, -0.25) is 4.57 Å². The number of rotatable bonds is 14. The smallest absolute Gasteiger partial charge is 0.550 e. The number of carbonyl (C=O) groups excluding carboxylic acids is 2. The zero-order chi connectivity index (χ0) is 38.7. The van der Waals surface area contributed by atoms with Crippen molar-refractivity contribution in [3.8, 4) is 0 Å². The fourth-order valence-corrected chi connectivity index (χ4v) is 5.10. The molecule has 0 spiro atoms. The summed E-state index contributed by atoms with van der Waals surface area (Å²) >= 11 is 0. The van der Waals surface area contributed by atoms with Crippen LogP contribution in [0.4, 0.5) is 14.6 Å². The Labute approximate surface area is 316 Å². The maximum atomic E-state index is 13.7. The number of halogens is 2. The van der Waals surface area contributed by atoms with E-state index in [2.05, 4.69) is 18.8 Å². The van der Waals surface area contributed by atoms with E-state index in [4.69, 9.17) is 27.0 Å². The second-order valence-corrected chi connectivity index (χ2v) is 14.4. The molecule has 0 radical (unpaired) electrons. The zero-order valence-electron chi connectivity index (χ0n) is 31.2. The van der Waals surface area contributed by atoms with Gasteiger partial charge in [-0.25, -0.2) is 4.79 Å². The molecule has 2 aliphatic rings. The van der Waals surface area contributed by atoms with E-state index in [0.717, 1.165) is 63.6 Å². The molecule has 1 aliphatic heterocycles. The van der Waals surface area contributed by atoms with Crippen LogP contribution in [0.3, 0.4) is 0 Å². The maximum absolute atomic E-state index is 13.7. The van der Waals surface area contributed by atoms with Crippen LogP contribution < -0.4 is 33.1 Å². The van der Waals surface area contributed by atoms with Crippen molar-refractivity contribution in [3.63, 3.8) is 0 Å². The number of alkyl halides is 2. The number of carboxylic acids is 2. The number of aliphatic carboxylic acids is 2. The number of aliphatic hydroxyl groups is 2. The molecule has 13 nitrogen and oxygen atoms in total. The quantitative estimate of drug-likeness (QED) is 0.169. The molecule has 8 N–H and O–H groups in total. The van der Waals surface area contributed by atoms with Crippen LogP contribution in [-0.4, -0.2) is 68.5 Å². The van der Waals surface area contributed by atoms with Crippen molar-refractivity contribution in [3.05, 3.63) is 22.7 Å². The standard InChI is InChI=1S/2C10H20O2.C9H11F2N3O4.C6H14N2.Pt/c2*1-4-5-6-7-8-10(2,3)9(11)12;10-9(11)6(16)4(3-15)18-7(9)14-2-1-5(12)13-8(14)17;7-5-3-1-2-4-6(5)8;/h2*4-8H2,1-3H3,(H,11,12);1-2,4,6-7,15-16H,3H2,(H2,12,13,17);5-6H,1-4,7-8H2;/q;;;;+2/p-2/t;;4-,6-,7-;5-,6-;/m..11./s1. The van der Waals surface area contributed by atoms with Gasteiger partial charge in [0.05, 0.1) is 6.61 Å². The van der Waals surface area contributed by atoms with Crippen LogP contribution in [0.1, 0.15) is 138 Å². The summed E-state index contributed by atoms with van der Waals surface area (Å²) in [5.74, 6) is -5.69. The van der Waals surface area contributed by atoms with Crippen molar-refractivity contribution >= 4 is 17.8 Å². The minimum Gasteiger partial charge on any atom is -0.550 e. The molecule has 1 saturated heterocycles. The van der Waals surface area contributed by atoms with Gasteiger partial charge in [-0.2, -0.15) is 13.8 Å². The summed E-state index contributed by atoms with van der Waals surface area (Å²) in [6.45, 7) is 10.4. The van der Waals surface area contributed by atoms with E-state index >= 15 is 0 Å². The molecule has 0 amide bonds. The first kappa shape index (κ1) is 51.1. The zero-order valence-corrected chi connectivity index (χ0v) is 33.5. The fourth-order valence-electron chi connectivity index (χ4n) is 5.10. The summed E-state index contributed by atoms with van der Waals surface area (Å²) in [7, 11) is 0. The normalized spacial score (nSPS) is 22.5. The third-order valence-corrected chi connectivity index (χ3v) is 8.95. The van der Waals surface area contributed by atoms with E-state index in [0.29, 0.717) is 4.57 Å². The SMILES string of the molecule is CCCCCCC(C)(C)C(=O)[O-].CCCCCCC(C)(C)C(=O)[O-].N[C@@H]1CCCC[C@H]1N.Nc1ccn([C@@H]2O[C@H](CO)[C@@H](O)C2(F)F)c(=O)n1.[Pt+2]. The molecule has 0 unspecified atom stereocenters. The molecular weight excluding hydrogens is 851 g/mol. The Morgan fingerprint density at radius 2 is 1.37 bits per heavy atom. The van der Waals surface area contributed by atoms with E-state index in [1.54, 1.807) is 27.7 Å². The molecule has 5 atom stereocenters. The average molecular weight is 915 g/mol. The largest absolute Gasteiger partial charge is 2.00 e. The van der Waals surface area contributed by atoms with E-state index in [1.807, 2.05) is 0 Å². The van der Waals surface area contributed by atoms with Crippen molar-refractivity contribution in [2.24, 2.45) is 22.3 Å². The number of ether oxygens (including phenoxy) is 1. The van der Waals surface area contributed by atoms with Gasteiger partial charge in [0.15, 0.2) is 6.10 Å². The van der Waals surface area contributed by atoms with Crippen LogP contribution in [0, 0.1) is 10.8 Å². The predicted molar refractivity (Wildman–Crippen MR) is 184 cm³/mol. The summed E-state index contributed by atoms with van der Waals surface area (Å²) < 4.78 is 32.7. The number of anilines is 1. The van der Waals surface area contributed by atoms with Gasteiger partial charge in [0, 0.05) is 41.0 Å². The maximum Gasteiger partial charge on any atom is 2.00 e. The molecule has 1 saturated carbocycles. The molecule has 0 bridgehead atoms. The van der Waals surface area contributed by atoms with Crippen LogP contribution in [0.2, 0.25) is 0 Å². The molecule has 1 aromatic heterocycles. The molecule has 1 aliphatic carbocycles. The summed E-state index contributed by atoms with van der Waals surface area (Å²) in [5, 5.41) is 39.3. The summed E-state index contributed by atoms with van der Waals surface area (Å²) in [4.78, 5) is 35.9. The molecule has 300 valence electrons. The first-order chi connectivity index (χ1) is 23.2. The Balaban J connectivity index is 0. The third-order valence-electron chi connectivity index (χ3n) is 8.95. The van der Waals surface area contributed by atoms with Crippen molar-refractivity contribution in [1.82, 2.24) is 9.55 Å². The first-order valence-electron chi connectivity index (χ1n) is 17.8. The molecule has 2 heterocycles. The number of hydrogen-bond acceptors (Lipinski definition) is 12. The number of unbranched alkanes of at least 4 members (excludes halogenated alkanes) is 6. The Morgan fingerprint density at radius 3 is 1.69 bits per heavy atom. The number of aliphatic hydroxyl groups excluding tert-OH is 2. The van der Waals surface area contributed by atoms with Gasteiger partial charge in [-0.05, 0) is 31.7 Å². The van der Waals surface area contributed by atoms with Crippen LogP contribution in [-0.2, 0) is 35.4 Å². The van der Waals surface area contributed by atoms with Gasteiger partial charge < -0.3 is 52.0 Å². The van der Waals surface area contributed by atoms with Gasteiger partial charge in [0.1, 0.15) is 11.9 Å². The monoisotopic (exact) mass is 914 g/mol. The Morgan fingerprint density at radius 1 is 0.941 bits per heavy atom. The van der Waals surface area contributed by atoms with Gasteiger partial charge in [0.25, 0.3) is 0 Å². The number of hydrogen-bond donors (Lipinski definition) is 5. The third kappa shape index (κ3) is 18.5. The van der Waals surface area contributed by atoms with Crippen LogP contribution in [0.15, 0.2) is 17.1 Å². The second kappa shape index (κ2) is 25.1. The number of carboxylic acid groups (broad SMARTS) is 2. The van der Waals surface area contributed by atoms with Crippen molar-refractivity contribution in [2.75, 3.05) is 12.3 Å². The number of nitrogens with zero attached hydrogens (tertiary/aromatic N) is 2. The molecule has 0 aromatic carbocycles. The molecular formula is C35H63F2N5O8Pt. The van der Waals surface area contributed by atoms with Crippen molar-refractivity contribution in [2.45, 2.75) is 168 Å². The Kier molecular flexibility index (Phi) is 25.1. The van der Waals surface area contributed by atoms with Crippen LogP contribution in [0.25, 0.3) is 0 Å². The Hall–Kier alpha value is -2.03.